The summed E-state index contributed by atoms with van der Waals surface area (Å²) in [5, 5.41) is 2.94. The lowest BCUT2D eigenvalue weighted by atomic mass is 10.1. The van der Waals surface area contributed by atoms with Crippen molar-refractivity contribution in [3.8, 4) is 0 Å². The van der Waals surface area contributed by atoms with Gasteiger partial charge >= 0.3 is 0 Å². The number of benzene rings is 2. The van der Waals surface area contributed by atoms with Crippen LogP contribution in [-0.4, -0.2) is 29.8 Å². The van der Waals surface area contributed by atoms with E-state index in [1.807, 2.05) is 23.1 Å². The lowest BCUT2D eigenvalue weighted by molar-refractivity contribution is -0.116. The minimum Gasteiger partial charge on any atom is -0.339 e. The molecule has 1 aliphatic rings. The first-order chi connectivity index (χ1) is 13.2. The molecule has 0 spiro atoms. The van der Waals surface area contributed by atoms with Gasteiger partial charge in [-0.15, -0.1) is 0 Å². The van der Waals surface area contributed by atoms with E-state index < -0.39 is 0 Å². The highest BCUT2D eigenvalue weighted by atomic mass is 16.2. The van der Waals surface area contributed by atoms with E-state index in [9.17, 15) is 9.59 Å². The molecule has 1 heterocycles. The number of piperidine rings is 1. The van der Waals surface area contributed by atoms with Crippen LogP contribution in [0.2, 0.25) is 0 Å². The van der Waals surface area contributed by atoms with Gasteiger partial charge in [0.1, 0.15) is 0 Å². The first-order valence-electron chi connectivity index (χ1n) is 9.93. The topological polar surface area (TPSA) is 49.4 Å². The average Bonchev–Trinajstić information content (AvgIpc) is 2.73. The minimum absolute atomic E-state index is 0.0146. The number of para-hydroxylation sites is 1. The summed E-state index contributed by atoms with van der Waals surface area (Å²) in [5.74, 6) is -0.0470. The second-order valence-corrected chi connectivity index (χ2v) is 7.12. The molecule has 1 aliphatic heterocycles. The molecular formula is C23H28N2O2. The van der Waals surface area contributed by atoms with Gasteiger partial charge in [0.15, 0.2) is 0 Å². The van der Waals surface area contributed by atoms with E-state index in [1.165, 1.54) is 12.0 Å². The number of nitrogens with zero attached hydrogens (tertiary/aromatic N) is 1. The van der Waals surface area contributed by atoms with Crippen molar-refractivity contribution in [2.45, 2.75) is 45.4 Å². The SMILES string of the molecule is CCc1ccc(CCC(=O)Nc2ccccc2C(=O)N2CCCCC2)cc1. The molecule has 1 saturated heterocycles. The van der Waals surface area contributed by atoms with Crippen molar-refractivity contribution in [2.24, 2.45) is 0 Å². The molecule has 0 aromatic heterocycles. The maximum atomic E-state index is 12.8. The fourth-order valence-electron chi connectivity index (χ4n) is 3.46. The van der Waals surface area contributed by atoms with E-state index in [0.717, 1.165) is 37.9 Å². The van der Waals surface area contributed by atoms with Crippen LogP contribution in [0, 0.1) is 0 Å². The van der Waals surface area contributed by atoms with Crippen molar-refractivity contribution in [1.29, 1.82) is 0 Å². The Hall–Kier alpha value is -2.62. The molecule has 2 amide bonds. The summed E-state index contributed by atoms with van der Waals surface area (Å²) in [7, 11) is 0. The summed E-state index contributed by atoms with van der Waals surface area (Å²) < 4.78 is 0. The van der Waals surface area contributed by atoms with Gasteiger partial charge in [-0.1, -0.05) is 43.3 Å². The van der Waals surface area contributed by atoms with Crippen molar-refractivity contribution in [2.75, 3.05) is 18.4 Å². The van der Waals surface area contributed by atoms with E-state index in [4.69, 9.17) is 0 Å². The van der Waals surface area contributed by atoms with Crippen molar-refractivity contribution in [3.05, 3.63) is 65.2 Å². The van der Waals surface area contributed by atoms with Crippen LogP contribution in [0.3, 0.4) is 0 Å². The van der Waals surface area contributed by atoms with E-state index in [-0.39, 0.29) is 11.8 Å². The van der Waals surface area contributed by atoms with Crippen LogP contribution in [0.15, 0.2) is 48.5 Å². The lowest BCUT2D eigenvalue weighted by Crippen LogP contribution is -2.36. The summed E-state index contributed by atoms with van der Waals surface area (Å²) in [4.78, 5) is 27.1. The zero-order chi connectivity index (χ0) is 19.1. The van der Waals surface area contributed by atoms with Crippen molar-refractivity contribution >= 4 is 17.5 Å². The Morgan fingerprint density at radius 3 is 2.30 bits per heavy atom. The molecular weight excluding hydrogens is 336 g/mol. The number of amides is 2. The van der Waals surface area contributed by atoms with Gasteiger partial charge < -0.3 is 10.2 Å². The second-order valence-electron chi connectivity index (χ2n) is 7.12. The van der Waals surface area contributed by atoms with E-state index in [2.05, 4.69) is 36.5 Å². The Labute approximate surface area is 161 Å². The Morgan fingerprint density at radius 2 is 1.59 bits per heavy atom. The van der Waals surface area contributed by atoms with Crippen molar-refractivity contribution < 1.29 is 9.59 Å². The van der Waals surface area contributed by atoms with Gasteiger partial charge in [0, 0.05) is 19.5 Å². The molecule has 142 valence electrons. The van der Waals surface area contributed by atoms with Crippen LogP contribution < -0.4 is 5.32 Å². The molecule has 1 fully saturated rings. The molecule has 0 unspecified atom stereocenters. The standard InChI is InChI=1S/C23H28N2O2/c1-2-18-10-12-19(13-11-18)14-15-22(26)24-21-9-5-4-8-20(21)23(27)25-16-6-3-7-17-25/h4-5,8-13H,2-3,6-7,14-17H2,1H3,(H,24,26). The molecule has 27 heavy (non-hydrogen) atoms. The van der Waals surface area contributed by atoms with Gasteiger partial charge in [0.25, 0.3) is 5.91 Å². The molecule has 0 radical (unpaired) electrons. The zero-order valence-corrected chi connectivity index (χ0v) is 16.0. The monoisotopic (exact) mass is 364 g/mol. The first-order valence-corrected chi connectivity index (χ1v) is 9.93. The van der Waals surface area contributed by atoms with Gasteiger partial charge in [0.2, 0.25) is 5.91 Å². The van der Waals surface area contributed by atoms with Crippen LogP contribution in [0.25, 0.3) is 0 Å². The third kappa shape index (κ3) is 5.19. The summed E-state index contributed by atoms with van der Waals surface area (Å²) in [6.45, 7) is 3.73. The number of hydrogen-bond donors (Lipinski definition) is 1. The van der Waals surface area contributed by atoms with E-state index >= 15 is 0 Å². The minimum atomic E-state index is -0.0616. The van der Waals surface area contributed by atoms with Crippen LogP contribution in [0.5, 0.6) is 0 Å². The molecule has 0 bridgehead atoms. The molecule has 0 aliphatic carbocycles. The summed E-state index contributed by atoms with van der Waals surface area (Å²) in [6, 6.07) is 15.7. The molecule has 2 aromatic rings. The normalized spacial score (nSPS) is 14.0. The highest BCUT2D eigenvalue weighted by molar-refractivity contribution is 6.03. The summed E-state index contributed by atoms with van der Waals surface area (Å²) in [5.41, 5.74) is 3.65. The molecule has 4 nitrogen and oxygen atoms in total. The van der Waals surface area contributed by atoms with Crippen molar-refractivity contribution in [1.82, 2.24) is 4.90 Å². The number of likely N-dealkylation sites (tertiary alicyclic amines) is 1. The fourth-order valence-corrected chi connectivity index (χ4v) is 3.46. The number of aryl methyl sites for hydroxylation is 2. The van der Waals surface area contributed by atoms with E-state index in [1.54, 1.807) is 6.07 Å². The number of anilines is 1. The molecule has 0 saturated carbocycles. The summed E-state index contributed by atoms with van der Waals surface area (Å²) >= 11 is 0. The van der Waals surface area contributed by atoms with Gasteiger partial charge in [-0.2, -0.15) is 0 Å². The van der Waals surface area contributed by atoms with Gasteiger partial charge in [-0.05, 0) is 55.4 Å². The Balaban J connectivity index is 1.61. The fraction of sp³-hybridized carbons (Fsp3) is 0.391. The Bertz CT molecular complexity index is 777. The quantitative estimate of drug-likeness (QED) is 0.823. The smallest absolute Gasteiger partial charge is 0.255 e. The Kier molecular flexibility index (Phi) is 6.64. The third-order valence-corrected chi connectivity index (χ3v) is 5.15. The molecule has 4 heteroatoms. The van der Waals surface area contributed by atoms with Crippen molar-refractivity contribution in [3.63, 3.8) is 0 Å². The van der Waals surface area contributed by atoms with Crippen LogP contribution in [0.4, 0.5) is 5.69 Å². The molecule has 3 rings (SSSR count). The third-order valence-electron chi connectivity index (χ3n) is 5.15. The largest absolute Gasteiger partial charge is 0.339 e. The summed E-state index contributed by atoms with van der Waals surface area (Å²) in [6.07, 6.45) is 5.40. The van der Waals surface area contributed by atoms with E-state index in [0.29, 0.717) is 24.1 Å². The molecule has 2 aromatic carbocycles. The van der Waals surface area contributed by atoms with Gasteiger partial charge in [0.05, 0.1) is 11.3 Å². The van der Waals surface area contributed by atoms with Crippen LogP contribution in [0.1, 0.15) is 54.1 Å². The number of nitrogens with one attached hydrogen (secondary N) is 1. The highest BCUT2D eigenvalue weighted by Gasteiger charge is 2.21. The van der Waals surface area contributed by atoms with Gasteiger partial charge in [-0.3, -0.25) is 9.59 Å². The second kappa shape index (κ2) is 9.36. The Morgan fingerprint density at radius 1 is 0.926 bits per heavy atom. The number of rotatable bonds is 6. The van der Waals surface area contributed by atoms with Crippen LogP contribution in [-0.2, 0) is 17.6 Å². The van der Waals surface area contributed by atoms with Crippen LogP contribution >= 0.6 is 0 Å². The predicted octanol–water partition coefficient (Wildman–Crippen LogP) is 4.45. The molecule has 1 N–H and O–H groups in total. The number of carbonyl (C=O) groups excluding carboxylic acids is 2. The molecule has 0 atom stereocenters. The average molecular weight is 364 g/mol. The number of carbonyl (C=O) groups is 2. The van der Waals surface area contributed by atoms with Gasteiger partial charge in [-0.25, -0.2) is 0 Å². The zero-order valence-electron chi connectivity index (χ0n) is 16.0. The maximum Gasteiger partial charge on any atom is 0.255 e. The predicted molar refractivity (Wildman–Crippen MR) is 109 cm³/mol. The first kappa shape index (κ1) is 19.2. The lowest BCUT2D eigenvalue weighted by Gasteiger charge is -2.27. The highest BCUT2D eigenvalue weighted by Crippen LogP contribution is 2.20. The maximum absolute atomic E-state index is 12.8. The number of hydrogen-bond acceptors (Lipinski definition) is 2.